The van der Waals surface area contributed by atoms with Crippen LogP contribution < -0.4 is 0 Å². The van der Waals surface area contributed by atoms with E-state index in [2.05, 4.69) is 33.6 Å². The highest BCUT2D eigenvalue weighted by molar-refractivity contribution is 5.83. The number of hydrogen-bond acceptors (Lipinski definition) is 1. The van der Waals surface area contributed by atoms with Crippen LogP contribution in [0.15, 0.2) is 0 Å². The van der Waals surface area contributed by atoms with E-state index in [1.54, 1.807) is 0 Å². The maximum Gasteiger partial charge on any atom is 0.136 e. The molecule has 1 heteroatoms. The molecule has 0 aliphatic heterocycles. The quantitative estimate of drug-likeness (QED) is 0.496. The van der Waals surface area contributed by atoms with Gasteiger partial charge in [-0.15, -0.1) is 12.8 Å². The van der Waals surface area contributed by atoms with Crippen molar-refractivity contribution in [3.63, 3.8) is 0 Å². The molecule has 3 atom stereocenters. The van der Waals surface area contributed by atoms with Gasteiger partial charge in [0, 0.05) is 12.3 Å². The largest absolute Gasteiger partial charge is 0.299 e. The van der Waals surface area contributed by atoms with E-state index < -0.39 is 0 Å². The Hall–Kier alpha value is -0.770. The van der Waals surface area contributed by atoms with Crippen LogP contribution in [0.5, 0.6) is 0 Å². The lowest BCUT2D eigenvalue weighted by molar-refractivity contribution is -0.129. The lowest BCUT2D eigenvalue weighted by Crippen LogP contribution is -2.37. The smallest absolute Gasteiger partial charge is 0.136 e. The first kappa shape index (κ1) is 17.3. The second-order valence-corrected chi connectivity index (χ2v) is 7.33. The van der Waals surface area contributed by atoms with Crippen molar-refractivity contribution in [2.24, 2.45) is 23.2 Å². The number of fused-ring (bicyclic) bond motifs is 1. The van der Waals surface area contributed by atoms with Crippen molar-refractivity contribution >= 4 is 5.78 Å². The number of ketones is 1. The standard InChI is InChI=1S/C17H30O.C2H2/c1-13(2)7-4-5-8-14-10-11-15-16(18)9-6-12-17(14,15)3;1-2/h13-15H,4-12H2,1-3H3;1-2H/t14-,15-,17+;/m0./s1. The maximum atomic E-state index is 12.0. The van der Waals surface area contributed by atoms with Gasteiger partial charge >= 0.3 is 0 Å². The van der Waals surface area contributed by atoms with Gasteiger partial charge in [-0.05, 0) is 49.4 Å². The van der Waals surface area contributed by atoms with Crippen molar-refractivity contribution in [2.75, 3.05) is 0 Å². The molecule has 2 fully saturated rings. The number of hydrogen-bond donors (Lipinski definition) is 0. The molecule has 0 aromatic heterocycles. The number of Topliss-reactive ketones (excluding diaryl/α,β-unsaturated/α-hetero) is 1. The summed E-state index contributed by atoms with van der Waals surface area (Å²) in [4.78, 5) is 12.0. The molecule has 2 aliphatic rings. The third-order valence-corrected chi connectivity index (χ3v) is 5.64. The molecular weight excluding hydrogens is 244 g/mol. The van der Waals surface area contributed by atoms with Gasteiger partial charge in [-0.1, -0.05) is 40.0 Å². The molecule has 0 spiro atoms. The molecule has 0 amide bonds. The molecule has 2 aliphatic carbocycles. The van der Waals surface area contributed by atoms with Gasteiger partial charge in [0.25, 0.3) is 0 Å². The first-order valence-electron chi connectivity index (χ1n) is 8.40. The van der Waals surface area contributed by atoms with Gasteiger partial charge in [0.15, 0.2) is 0 Å². The average Bonchev–Trinajstić information content (AvgIpc) is 2.75. The highest BCUT2D eigenvalue weighted by Gasteiger charge is 2.50. The number of carbonyl (C=O) groups is 1. The van der Waals surface area contributed by atoms with Crippen LogP contribution in [0, 0.1) is 36.0 Å². The molecule has 20 heavy (non-hydrogen) atoms. The number of terminal acetylenes is 1. The van der Waals surface area contributed by atoms with Crippen LogP contribution in [-0.4, -0.2) is 5.78 Å². The molecule has 0 bridgehead atoms. The van der Waals surface area contributed by atoms with Crippen LogP contribution >= 0.6 is 0 Å². The first-order chi connectivity index (χ1) is 9.54. The molecule has 2 rings (SSSR count). The molecule has 0 aromatic carbocycles. The van der Waals surface area contributed by atoms with Crippen molar-refractivity contribution in [3.05, 3.63) is 0 Å². The number of unbranched alkanes of at least 4 members (excludes halogenated alkanes) is 1. The summed E-state index contributed by atoms with van der Waals surface area (Å²) in [7, 11) is 0. The zero-order valence-electron chi connectivity index (χ0n) is 13.7. The lowest BCUT2D eigenvalue weighted by Gasteiger charge is -2.40. The van der Waals surface area contributed by atoms with Crippen LogP contribution in [0.4, 0.5) is 0 Å². The Morgan fingerprint density at radius 1 is 1.25 bits per heavy atom. The fourth-order valence-electron chi connectivity index (χ4n) is 4.45. The van der Waals surface area contributed by atoms with Gasteiger partial charge in [0.05, 0.1) is 0 Å². The molecule has 0 saturated heterocycles. The van der Waals surface area contributed by atoms with Gasteiger partial charge in [0.2, 0.25) is 0 Å². The third kappa shape index (κ3) is 3.87. The van der Waals surface area contributed by atoms with Gasteiger partial charge in [-0.3, -0.25) is 4.79 Å². The summed E-state index contributed by atoms with van der Waals surface area (Å²) in [5, 5.41) is 0. The Balaban J connectivity index is 0.000000956. The Labute approximate surface area is 125 Å². The fraction of sp³-hybridized carbons (Fsp3) is 0.842. The van der Waals surface area contributed by atoms with E-state index in [1.165, 1.54) is 44.9 Å². The molecule has 0 radical (unpaired) electrons. The SMILES string of the molecule is C#C.CC(C)CCCC[C@H]1CC[C@H]2C(=O)CCC[C@]12C. The van der Waals surface area contributed by atoms with E-state index in [4.69, 9.17) is 0 Å². The highest BCUT2D eigenvalue weighted by Crippen LogP contribution is 2.55. The Kier molecular flexibility index (Phi) is 6.80. The van der Waals surface area contributed by atoms with Crippen LogP contribution in [0.3, 0.4) is 0 Å². The summed E-state index contributed by atoms with van der Waals surface area (Å²) in [6, 6.07) is 0. The van der Waals surface area contributed by atoms with Crippen molar-refractivity contribution in [3.8, 4) is 12.8 Å². The molecule has 0 heterocycles. The molecule has 0 N–H and O–H groups in total. The number of rotatable bonds is 5. The van der Waals surface area contributed by atoms with E-state index in [0.717, 1.165) is 24.7 Å². The minimum absolute atomic E-state index is 0.368. The van der Waals surface area contributed by atoms with E-state index in [1.807, 2.05) is 0 Å². The van der Waals surface area contributed by atoms with Crippen LogP contribution in [-0.2, 0) is 4.79 Å². The monoisotopic (exact) mass is 276 g/mol. The zero-order chi connectivity index (χ0) is 15.2. The summed E-state index contributed by atoms with van der Waals surface area (Å²) in [5.41, 5.74) is 0.368. The lowest BCUT2D eigenvalue weighted by atomic mass is 9.64. The van der Waals surface area contributed by atoms with Gasteiger partial charge in [-0.25, -0.2) is 0 Å². The minimum Gasteiger partial charge on any atom is -0.299 e. The minimum atomic E-state index is 0.368. The predicted molar refractivity (Wildman–Crippen MR) is 86.4 cm³/mol. The second-order valence-electron chi connectivity index (χ2n) is 7.33. The Morgan fingerprint density at radius 2 is 1.95 bits per heavy atom. The van der Waals surface area contributed by atoms with E-state index in [-0.39, 0.29) is 0 Å². The fourth-order valence-corrected chi connectivity index (χ4v) is 4.45. The van der Waals surface area contributed by atoms with Gasteiger partial charge < -0.3 is 0 Å². The van der Waals surface area contributed by atoms with Crippen LogP contribution in [0.1, 0.15) is 78.6 Å². The Morgan fingerprint density at radius 3 is 2.60 bits per heavy atom. The van der Waals surface area contributed by atoms with Crippen molar-refractivity contribution in [2.45, 2.75) is 78.6 Å². The zero-order valence-corrected chi connectivity index (χ0v) is 13.7. The van der Waals surface area contributed by atoms with Crippen LogP contribution in [0.25, 0.3) is 0 Å². The average molecular weight is 276 g/mol. The van der Waals surface area contributed by atoms with Crippen molar-refractivity contribution in [1.82, 2.24) is 0 Å². The molecular formula is C19H32O. The summed E-state index contributed by atoms with van der Waals surface area (Å²) >= 11 is 0. The van der Waals surface area contributed by atoms with E-state index in [0.29, 0.717) is 17.1 Å². The molecule has 2 saturated carbocycles. The van der Waals surface area contributed by atoms with Crippen molar-refractivity contribution in [1.29, 1.82) is 0 Å². The summed E-state index contributed by atoms with van der Waals surface area (Å²) in [6.45, 7) is 7.04. The molecule has 1 nitrogen and oxygen atoms in total. The summed E-state index contributed by atoms with van der Waals surface area (Å²) < 4.78 is 0. The van der Waals surface area contributed by atoms with Gasteiger partial charge in [-0.2, -0.15) is 0 Å². The highest BCUT2D eigenvalue weighted by atomic mass is 16.1. The summed E-state index contributed by atoms with van der Waals surface area (Å²) in [5.74, 6) is 2.67. The Bertz CT molecular complexity index is 328. The third-order valence-electron chi connectivity index (χ3n) is 5.64. The molecule has 114 valence electrons. The van der Waals surface area contributed by atoms with E-state index >= 15 is 0 Å². The normalized spacial score (nSPS) is 32.6. The first-order valence-corrected chi connectivity index (χ1v) is 8.40. The summed E-state index contributed by atoms with van der Waals surface area (Å²) in [6.07, 6.45) is 19.3. The second kappa shape index (κ2) is 7.87. The van der Waals surface area contributed by atoms with E-state index in [9.17, 15) is 4.79 Å². The number of carbonyl (C=O) groups excluding carboxylic acids is 1. The molecule has 0 aromatic rings. The van der Waals surface area contributed by atoms with Gasteiger partial charge in [0.1, 0.15) is 5.78 Å². The van der Waals surface area contributed by atoms with Crippen LogP contribution in [0.2, 0.25) is 0 Å². The van der Waals surface area contributed by atoms with Crippen molar-refractivity contribution < 1.29 is 4.79 Å². The molecule has 0 unspecified atom stereocenters. The topological polar surface area (TPSA) is 17.1 Å². The maximum absolute atomic E-state index is 12.0. The predicted octanol–water partition coefficient (Wildman–Crippen LogP) is 5.24.